The van der Waals surface area contributed by atoms with Crippen LogP contribution in [-0.2, 0) is 20.4 Å². The zero-order chi connectivity index (χ0) is 15.4. The van der Waals surface area contributed by atoms with Gasteiger partial charge < -0.3 is 10.2 Å². The number of fused-ring (bicyclic) bond motifs is 2. The standard InChI is InChI=1S/2C9H7NO.Pd/c2*11-8-5-1-3-7-4-2-6-10-9(7)8;/h2*1-6,11H;/q;;+2/p-2. The van der Waals surface area contributed by atoms with E-state index < -0.39 is 0 Å². The van der Waals surface area contributed by atoms with Gasteiger partial charge >= 0.3 is 20.4 Å². The van der Waals surface area contributed by atoms with Gasteiger partial charge in [-0.1, -0.05) is 60.0 Å². The molecular weight excluding hydrogens is 383 g/mol. The Morgan fingerprint density at radius 3 is 1.35 bits per heavy atom. The van der Waals surface area contributed by atoms with Gasteiger partial charge in [-0.3, -0.25) is 9.97 Å². The first-order valence-corrected chi connectivity index (χ1v) is 6.77. The van der Waals surface area contributed by atoms with Crippen LogP contribution < -0.4 is 10.2 Å². The molecule has 4 aromatic rings. The summed E-state index contributed by atoms with van der Waals surface area (Å²) in [5, 5.41) is 24.0. The molecule has 5 heteroatoms. The summed E-state index contributed by atoms with van der Waals surface area (Å²) in [4.78, 5) is 7.94. The number of aromatic nitrogens is 2. The molecule has 0 N–H and O–H groups in total. The molecule has 0 atom stereocenters. The molecule has 2 aromatic carbocycles. The van der Waals surface area contributed by atoms with Crippen LogP contribution in [0.5, 0.6) is 11.5 Å². The third-order valence-corrected chi connectivity index (χ3v) is 3.19. The van der Waals surface area contributed by atoms with E-state index in [0.717, 1.165) is 10.8 Å². The van der Waals surface area contributed by atoms with Crippen molar-refractivity contribution in [2.45, 2.75) is 0 Å². The van der Waals surface area contributed by atoms with Crippen molar-refractivity contribution in [1.29, 1.82) is 0 Å². The van der Waals surface area contributed by atoms with E-state index in [1.807, 2.05) is 36.4 Å². The van der Waals surface area contributed by atoms with E-state index in [4.69, 9.17) is 0 Å². The number of nitrogens with zero attached hydrogens (tertiary/aromatic N) is 2. The van der Waals surface area contributed by atoms with E-state index in [2.05, 4.69) is 9.97 Å². The molecule has 0 fully saturated rings. The largest absolute Gasteiger partial charge is 2.00 e. The maximum Gasteiger partial charge on any atom is 2.00 e. The van der Waals surface area contributed by atoms with Crippen LogP contribution in [0, 0.1) is 0 Å². The van der Waals surface area contributed by atoms with Crippen molar-refractivity contribution >= 4 is 21.8 Å². The van der Waals surface area contributed by atoms with Crippen molar-refractivity contribution in [3.8, 4) is 11.5 Å². The number of hydrogen-bond acceptors (Lipinski definition) is 4. The van der Waals surface area contributed by atoms with Crippen molar-refractivity contribution in [2.24, 2.45) is 0 Å². The van der Waals surface area contributed by atoms with Crippen LogP contribution in [0.1, 0.15) is 0 Å². The molecule has 116 valence electrons. The van der Waals surface area contributed by atoms with Gasteiger partial charge in [-0.2, -0.15) is 0 Å². The first-order valence-electron chi connectivity index (χ1n) is 6.77. The molecule has 0 unspecified atom stereocenters. The summed E-state index contributed by atoms with van der Waals surface area (Å²) in [6, 6.07) is 17.7. The Balaban J connectivity index is 0.000000160. The number of hydrogen-bond donors (Lipinski definition) is 0. The molecule has 0 aliphatic carbocycles. The molecular formula is C18H12N2O2Pd. The maximum absolute atomic E-state index is 11.1. The molecule has 0 aliphatic heterocycles. The van der Waals surface area contributed by atoms with Crippen LogP contribution in [0.15, 0.2) is 73.1 Å². The van der Waals surface area contributed by atoms with Gasteiger partial charge in [0, 0.05) is 12.4 Å². The summed E-state index contributed by atoms with van der Waals surface area (Å²) >= 11 is 0. The van der Waals surface area contributed by atoms with Crippen LogP contribution in [0.3, 0.4) is 0 Å². The summed E-state index contributed by atoms with van der Waals surface area (Å²) in [6.07, 6.45) is 3.26. The van der Waals surface area contributed by atoms with Gasteiger partial charge in [-0.05, 0) is 22.9 Å². The molecule has 23 heavy (non-hydrogen) atoms. The van der Waals surface area contributed by atoms with Gasteiger partial charge in [0.1, 0.15) is 0 Å². The second kappa shape index (κ2) is 7.68. The molecule has 0 amide bonds. The topological polar surface area (TPSA) is 71.9 Å². The van der Waals surface area contributed by atoms with Gasteiger partial charge in [0.2, 0.25) is 0 Å². The summed E-state index contributed by atoms with van der Waals surface area (Å²) in [5.41, 5.74) is 1.10. The van der Waals surface area contributed by atoms with Crippen molar-refractivity contribution < 1.29 is 30.6 Å². The fourth-order valence-corrected chi connectivity index (χ4v) is 2.15. The molecule has 0 spiro atoms. The average molecular weight is 395 g/mol. The molecule has 0 bridgehead atoms. The van der Waals surface area contributed by atoms with Gasteiger partial charge in [0.05, 0.1) is 11.0 Å². The quantitative estimate of drug-likeness (QED) is 0.430. The Morgan fingerprint density at radius 2 is 0.957 bits per heavy atom. The van der Waals surface area contributed by atoms with E-state index in [-0.39, 0.29) is 31.9 Å². The molecule has 0 saturated heterocycles. The summed E-state index contributed by atoms with van der Waals surface area (Å²) in [6.45, 7) is 0. The predicted molar refractivity (Wildman–Crippen MR) is 82.4 cm³/mol. The summed E-state index contributed by atoms with van der Waals surface area (Å²) < 4.78 is 0. The molecule has 2 heterocycles. The van der Waals surface area contributed by atoms with E-state index >= 15 is 0 Å². The number of para-hydroxylation sites is 2. The third-order valence-electron chi connectivity index (χ3n) is 3.19. The maximum atomic E-state index is 11.1. The Morgan fingerprint density at radius 1 is 0.565 bits per heavy atom. The zero-order valence-corrected chi connectivity index (χ0v) is 13.5. The van der Waals surface area contributed by atoms with E-state index in [1.165, 1.54) is 12.1 Å². The van der Waals surface area contributed by atoms with Gasteiger partial charge in [0.25, 0.3) is 0 Å². The molecule has 4 nitrogen and oxygen atoms in total. The second-order valence-corrected chi connectivity index (χ2v) is 4.66. The Kier molecular flexibility index (Phi) is 5.64. The second-order valence-electron chi connectivity index (χ2n) is 4.66. The van der Waals surface area contributed by atoms with E-state index in [0.29, 0.717) is 11.0 Å². The molecule has 0 radical (unpaired) electrons. The van der Waals surface area contributed by atoms with E-state index in [1.54, 1.807) is 24.5 Å². The number of rotatable bonds is 0. The Bertz CT molecular complexity index is 841. The average Bonchev–Trinajstić information content (AvgIpc) is 2.57. The minimum Gasteiger partial charge on any atom is -0.871 e. The van der Waals surface area contributed by atoms with Crippen molar-refractivity contribution in [2.75, 3.05) is 0 Å². The number of pyridine rings is 2. The van der Waals surface area contributed by atoms with Crippen LogP contribution in [-0.4, -0.2) is 9.97 Å². The van der Waals surface area contributed by atoms with Crippen LogP contribution >= 0.6 is 0 Å². The monoisotopic (exact) mass is 394 g/mol. The van der Waals surface area contributed by atoms with Gasteiger partial charge in [-0.15, -0.1) is 0 Å². The number of benzene rings is 2. The third kappa shape index (κ3) is 3.84. The van der Waals surface area contributed by atoms with Crippen molar-refractivity contribution in [3.63, 3.8) is 0 Å². The van der Waals surface area contributed by atoms with Gasteiger partial charge in [0.15, 0.2) is 0 Å². The minimum atomic E-state index is -0.0110. The summed E-state index contributed by atoms with van der Waals surface area (Å²) in [5.74, 6) is -0.0220. The summed E-state index contributed by atoms with van der Waals surface area (Å²) in [7, 11) is 0. The van der Waals surface area contributed by atoms with Crippen LogP contribution in [0.2, 0.25) is 0 Å². The molecule has 4 rings (SSSR count). The SMILES string of the molecule is [O-]c1cccc2cccnc12.[O-]c1cccc2cccnc12.[Pd+2]. The smallest absolute Gasteiger partial charge is 0.871 e. The predicted octanol–water partition coefficient (Wildman–Crippen LogP) is 2.61. The van der Waals surface area contributed by atoms with E-state index in [9.17, 15) is 10.2 Å². The Labute approximate surface area is 147 Å². The fourth-order valence-electron chi connectivity index (χ4n) is 2.15. The fraction of sp³-hybridized carbons (Fsp3) is 0. The first-order chi connectivity index (χ1) is 10.8. The minimum absolute atomic E-state index is 0. The van der Waals surface area contributed by atoms with Crippen molar-refractivity contribution in [3.05, 3.63) is 73.1 Å². The normalized spacial score (nSPS) is 9.74. The molecule has 2 aromatic heterocycles. The first kappa shape index (κ1) is 16.9. The van der Waals surface area contributed by atoms with Crippen molar-refractivity contribution in [1.82, 2.24) is 9.97 Å². The molecule has 0 saturated carbocycles. The zero-order valence-electron chi connectivity index (χ0n) is 12.0. The Hall–Kier alpha value is -2.48. The van der Waals surface area contributed by atoms with Crippen LogP contribution in [0.4, 0.5) is 0 Å². The van der Waals surface area contributed by atoms with Crippen LogP contribution in [0.25, 0.3) is 21.8 Å². The molecule has 0 aliphatic rings. The van der Waals surface area contributed by atoms with Gasteiger partial charge in [-0.25, -0.2) is 0 Å².